The molecule has 146 valence electrons. The van der Waals surface area contributed by atoms with E-state index in [1.807, 2.05) is 62.4 Å². The van der Waals surface area contributed by atoms with E-state index in [-0.39, 0.29) is 5.56 Å². The number of methoxy groups -OCH3 is 1. The Hall–Kier alpha value is -3.60. The minimum atomic E-state index is -0.158. The van der Waals surface area contributed by atoms with E-state index in [2.05, 4.69) is 16.0 Å². The third-order valence-corrected chi connectivity index (χ3v) is 4.89. The fourth-order valence-electron chi connectivity index (χ4n) is 3.28. The molecule has 0 bridgehead atoms. The first-order valence-corrected chi connectivity index (χ1v) is 9.41. The third-order valence-electron chi connectivity index (χ3n) is 4.89. The van der Waals surface area contributed by atoms with Gasteiger partial charge in [0.2, 0.25) is 0 Å². The highest BCUT2D eigenvalue weighted by atomic mass is 16.5. The Kier molecular flexibility index (Phi) is 5.04. The van der Waals surface area contributed by atoms with Gasteiger partial charge in [-0.3, -0.25) is 4.79 Å². The lowest BCUT2D eigenvalue weighted by molar-refractivity contribution is 0.294. The van der Waals surface area contributed by atoms with Crippen LogP contribution in [0.4, 0.5) is 0 Å². The van der Waals surface area contributed by atoms with E-state index < -0.39 is 0 Å². The first kappa shape index (κ1) is 18.7. The zero-order chi connectivity index (χ0) is 20.4. The van der Waals surface area contributed by atoms with E-state index in [9.17, 15) is 4.79 Å². The minimum absolute atomic E-state index is 0.158. The molecule has 4 rings (SSSR count). The van der Waals surface area contributed by atoms with Crippen LogP contribution in [-0.2, 0) is 6.61 Å². The Morgan fingerprint density at radius 1 is 0.966 bits per heavy atom. The molecule has 3 aromatic carbocycles. The third kappa shape index (κ3) is 3.85. The molecule has 0 saturated heterocycles. The van der Waals surface area contributed by atoms with Gasteiger partial charge in [0.1, 0.15) is 23.9 Å². The van der Waals surface area contributed by atoms with Gasteiger partial charge in [-0.2, -0.15) is 0 Å². The number of para-hydroxylation sites is 1. The smallest absolute Gasteiger partial charge is 0.259 e. The monoisotopic (exact) mass is 386 g/mol. The zero-order valence-electron chi connectivity index (χ0n) is 16.7. The molecular formula is C24H22N2O3. The molecule has 5 nitrogen and oxygen atoms in total. The summed E-state index contributed by atoms with van der Waals surface area (Å²) in [6.45, 7) is 4.40. The standard InChI is InChI=1S/C24H22N2O3/c1-15-8-9-16(2)22(12-15)29-14-18-13-17(10-11-21(18)28-3)23-25-20-7-5-4-6-19(20)24(27)26-23/h4-13H,14H2,1-3H3,(H,25,26,27). The van der Waals surface area contributed by atoms with Crippen LogP contribution in [0.2, 0.25) is 0 Å². The van der Waals surface area contributed by atoms with Gasteiger partial charge in [-0.05, 0) is 61.4 Å². The molecule has 29 heavy (non-hydrogen) atoms. The van der Waals surface area contributed by atoms with Crippen molar-refractivity contribution in [2.45, 2.75) is 20.5 Å². The van der Waals surface area contributed by atoms with E-state index in [1.165, 1.54) is 0 Å². The quantitative estimate of drug-likeness (QED) is 0.535. The maximum atomic E-state index is 12.4. The number of nitrogens with zero attached hydrogens (tertiary/aromatic N) is 1. The molecule has 1 heterocycles. The molecule has 1 N–H and O–H groups in total. The Labute approximate surface area is 169 Å². The molecule has 0 aliphatic carbocycles. The number of aromatic nitrogens is 2. The van der Waals surface area contributed by atoms with Gasteiger partial charge in [-0.1, -0.05) is 24.3 Å². The van der Waals surface area contributed by atoms with Crippen molar-refractivity contribution in [2.75, 3.05) is 7.11 Å². The summed E-state index contributed by atoms with van der Waals surface area (Å²) in [5, 5.41) is 0.572. The van der Waals surface area contributed by atoms with Crippen molar-refractivity contribution in [1.82, 2.24) is 9.97 Å². The molecule has 0 saturated carbocycles. The molecule has 0 aliphatic rings. The van der Waals surface area contributed by atoms with Gasteiger partial charge < -0.3 is 14.5 Å². The average Bonchev–Trinajstić information content (AvgIpc) is 2.74. The zero-order valence-corrected chi connectivity index (χ0v) is 16.7. The van der Waals surface area contributed by atoms with Crippen LogP contribution >= 0.6 is 0 Å². The summed E-state index contributed by atoms with van der Waals surface area (Å²) >= 11 is 0. The number of aryl methyl sites for hydroxylation is 2. The highest BCUT2D eigenvalue weighted by molar-refractivity contribution is 5.79. The summed E-state index contributed by atoms with van der Waals surface area (Å²) in [6.07, 6.45) is 0. The Bertz CT molecular complexity index is 1240. The van der Waals surface area contributed by atoms with Crippen molar-refractivity contribution in [1.29, 1.82) is 0 Å². The molecule has 0 fully saturated rings. The highest BCUT2D eigenvalue weighted by Gasteiger charge is 2.11. The second kappa shape index (κ2) is 7.80. The number of hydrogen-bond donors (Lipinski definition) is 1. The van der Waals surface area contributed by atoms with Crippen molar-refractivity contribution < 1.29 is 9.47 Å². The van der Waals surface area contributed by atoms with Crippen molar-refractivity contribution in [2.24, 2.45) is 0 Å². The van der Waals surface area contributed by atoms with E-state index >= 15 is 0 Å². The fourth-order valence-corrected chi connectivity index (χ4v) is 3.28. The number of H-pyrrole nitrogens is 1. The van der Waals surface area contributed by atoms with Crippen molar-refractivity contribution >= 4 is 10.9 Å². The van der Waals surface area contributed by atoms with Gasteiger partial charge in [-0.15, -0.1) is 0 Å². The molecular weight excluding hydrogens is 364 g/mol. The number of hydrogen-bond acceptors (Lipinski definition) is 4. The second-order valence-corrected chi connectivity index (χ2v) is 7.02. The Morgan fingerprint density at radius 3 is 2.62 bits per heavy atom. The Balaban J connectivity index is 1.70. The second-order valence-electron chi connectivity index (χ2n) is 7.02. The number of benzene rings is 3. The largest absolute Gasteiger partial charge is 0.496 e. The van der Waals surface area contributed by atoms with Gasteiger partial charge in [0.25, 0.3) is 5.56 Å². The van der Waals surface area contributed by atoms with Crippen LogP contribution in [0.25, 0.3) is 22.3 Å². The predicted octanol–water partition coefficient (Wildman–Crippen LogP) is 4.79. The van der Waals surface area contributed by atoms with Gasteiger partial charge in [0.15, 0.2) is 0 Å². The van der Waals surface area contributed by atoms with E-state index in [0.717, 1.165) is 33.8 Å². The number of rotatable bonds is 5. The average molecular weight is 386 g/mol. The van der Waals surface area contributed by atoms with Crippen LogP contribution in [0.5, 0.6) is 11.5 Å². The van der Waals surface area contributed by atoms with Gasteiger partial charge in [-0.25, -0.2) is 4.98 Å². The summed E-state index contributed by atoms with van der Waals surface area (Å²) in [6, 6.07) is 19.1. The minimum Gasteiger partial charge on any atom is -0.496 e. The maximum Gasteiger partial charge on any atom is 0.259 e. The lowest BCUT2D eigenvalue weighted by Gasteiger charge is -2.14. The fraction of sp³-hybridized carbons (Fsp3) is 0.167. The molecule has 0 amide bonds. The summed E-state index contributed by atoms with van der Waals surface area (Å²) in [5.74, 6) is 2.08. The first-order chi connectivity index (χ1) is 14.0. The molecule has 0 radical (unpaired) electrons. The first-order valence-electron chi connectivity index (χ1n) is 9.41. The van der Waals surface area contributed by atoms with E-state index in [0.29, 0.717) is 23.3 Å². The topological polar surface area (TPSA) is 64.2 Å². The normalized spacial score (nSPS) is 10.9. The molecule has 4 aromatic rings. The molecule has 0 atom stereocenters. The molecule has 1 aromatic heterocycles. The summed E-state index contributed by atoms with van der Waals surface area (Å²) in [4.78, 5) is 19.9. The van der Waals surface area contributed by atoms with Crippen LogP contribution < -0.4 is 15.0 Å². The number of fused-ring (bicyclic) bond motifs is 1. The predicted molar refractivity (Wildman–Crippen MR) is 115 cm³/mol. The molecule has 0 unspecified atom stereocenters. The lowest BCUT2D eigenvalue weighted by Crippen LogP contribution is -2.09. The van der Waals surface area contributed by atoms with Gasteiger partial charge in [0.05, 0.1) is 18.0 Å². The van der Waals surface area contributed by atoms with E-state index in [4.69, 9.17) is 9.47 Å². The molecule has 0 aliphatic heterocycles. The maximum absolute atomic E-state index is 12.4. The van der Waals surface area contributed by atoms with Crippen molar-refractivity contribution in [3.8, 4) is 22.9 Å². The summed E-state index contributed by atoms with van der Waals surface area (Å²) in [7, 11) is 1.63. The number of nitrogens with one attached hydrogen (secondary N) is 1. The summed E-state index contributed by atoms with van der Waals surface area (Å²) < 4.78 is 11.6. The van der Waals surface area contributed by atoms with Crippen LogP contribution in [0.1, 0.15) is 16.7 Å². The van der Waals surface area contributed by atoms with Crippen molar-refractivity contribution in [3.05, 3.63) is 87.7 Å². The summed E-state index contributed by atoms with van der Waals surface area (Å²) in [5.41, 5.74) is 4.40. The Morgan fingerprint density at radius 2 is 1.79 bits per heavy atom. The van der Waals surface area contributed by atoms with E-state index in [1.54, 1.807) is 13.2 Å². The highest BCUT2D eigenvalue weighted by Crippen LogP contribution is 2.27. The molecule has 0 spiro atoms. The van der Waals surface area contributed by atoms with Gasteiger partial charge >= 0.3 is 0 Å². The van der Waals surface area contributed by atoms with Crippen molar-refractivity contribution in [3.63, 3.8) is 0 Å². The van der Waals surface area contributed by atoms with Crippen LogP contribution in [-0.4, -0.2) is 17.1 Å². The SMILES string of the molecule is COc1ccc(-c2nc3ccccc3c(=O)[nH]2)cc1COc1cc(C)ccc1C. The van der Waals surface area contributed by atoms with Crippen LogP contribution in [0.15, 0.2) is 65.5 Å². The van der Waals surface area contributed by atoms with Gasteiger partial charge in [0, 0.05) is 11.1 Å². The number of aromatic amines is 1. The lowest BCUT2D eigenvalue weighted by atomic mass is 10.1. The molecule has 5 heteroatoms. The number of ether oxygens (including phenoxy) is 2. The van der Waals surface area contributed by atoms with Crippen LogP contribution in [0.3, 0.4) is 0 Å². The van der Waals surface area contributed by atoms with Crippen LogP contribution in [0, 0.1) is 13.8 Å².